The first kappa shape index (κ1) is 63.4. The van der Waals surface area contributed by atoms with E-state index in [0.29, 0.717) is 17.7 Å². The monoisotopic (exact) mass is 1110 g/mol. The normalized spacial score (nSPS) is 24.2. The SMILES string of the molecule is CC(C)C[C@H]1C(=O)O[C@H](Cc2ccc(CN3CCSc4ccccc43)cc2)C(=O)N(C)[C@@H](CC(C)C)C(=O)O[C@H](C)C(=O)N(C)[C@@H](CC(C)C)C(=O)O[C@H](Cc2ccccc2)C(=O)N(C)[C@@H](CC(C)C)C(=O)O[C@H](C)C(=O)N1C. The average molecular weight is 1110 g/mol. The number of esters is 4. The van der Waals surface area contributed by atoms with Gasteiger partial charge in [-0.15, -0.1) is 11.8 Å². The Morgan fingerprint density at radius 1 is 0.443 bits per heavy atom. The number of hydrogen-bond acceptors (Lipinski definition) is 14. The minimum absolute atomic E-state index is 0.0863. The Labute approximate surface area is 472 Å². The molecule has 3 aromatic rings. The molecule has 0 unspecified atom stereocenters. The lowest BCUT2D eigenvalue weighted by atomic mass is 9.99. The van der Waals surface area contributed by atoms with E-state index in [9.17, 15) is 33.6 Å². The van der Waals surface area contributed by atoms with Gasteiger partial charge < -0.3 is 43.4 Å². The highest BCUT2D eigenvalue weighted by Crippen LogP contribution is 2.35. The van der Waals surface area contributed by atoms with Crippen molar-refractivity contribution in [1.82, 2.24) is 19.6 Å². The smallest absolute Gasteiger partial charge is 0.329 e. The highest BCUT2D eigenvalue weighted by atomic mass is 32.2. The van der Waals surface area contributed by atoms with Crippen molar-refractivity contribution in [3.63, 3.8) is 0 Å². The first-order chi connectivity index (χ1) is 37.3. The van der Waals surface area contributed by atoms with Crippen LogP contribution in [0.5, 0.6) is 0 Å². The highest BCUT2D eigenvalue weighted by molar-refractivity contribution is 7.99. The van der Waals surface area contributed by atoms with E-state index >= 15 is 4.79 Å². The van der Waals surface area contributed by atoms with E-state index in [1.807, 2.05) is 104 Å². The molecule has 8 atom stereocenters. The van der Waals surface area contributed by atoms with Crippen molar-refractivity contribution in [2.75, 3.05) is 45.4 Å². The lowest BCUT2D eigenvalue weighted by Gasteiger charge is -2.35. The highest BCUT2D eigenvalue weighted by Gasteiger charge is 2.43. The third-order valence-electron chi connectivity index (χ3n) is 14.4. The molecule has 2 heterocycles. The summed E-state index contributed by atoms with van der Waals surface area (Å²) in [6.45, 7) is 19.1. The lowest BCUT2D eigenvalue weighted by Crippen LogP contribution is -2.55. The Hall–Kier alpha value is -6.43. The van der Waals surface area contributed by atoms with Gasteiger partial charge in [0.25, 0.3) is 23.6 Å². The van der Waals surface area contributed by atoms with Gasteiger partial charge in [-0.1, -0.05) is 122 Å². The summed E-state index contributed by atoms with van der Waals surface area (Å²) in [4.78, 5) is 125. The number of ether oxygens (including phenoxy) is 4. The molecule has 0 aromatic heterocycles. The molecule has 0 radical (unpaired) electrons. The second kappa shape index (κ2) is 29.2. The Morgan fingerprint density at radius 3 is 1.19 bits per heavy atom. The summed E-state index contributed by atoms with van der Waals surface area (Å²) >= 11 is 1.82. The quantitative estimate of drug-likeness (QED) is 0.112. The molecule has 0 spiro atoms. The number of amides is 4. The predicted molar refractivity (Wildman–Crippen MR) is 303 cm³/mol. The van der Waals surface area contributed by atoms with Crippen molar-refractivity contribution in [2.45, 2.75) is 168 Å². The molecule has 1 saturated heterocycles. The van der Waals surface area contributed by atoms with Gasteiger partial charge in [-0.3, -0.25) is 19.2 Å². The summed E-state index contributed by atoms with van der Waals surface area (Å²) in [5.74, 6) is -6.26. The van der Waals surface area contributed by atoms with Gasteiger partial charge in [0.1, 0.15) is 24.2 Å². The standard InChI is InChI=1S/C61H85N5O12S/c1-37(2)30-47-58(71)75-42(10)55(68)63(12)50(33-40(7)8)61(74)78-52(35-44-24-26-45(27-25-44)36-66-28-29-79-53-23-19-18-22-46(53)66)57(70)65(14)48(31-38(3)4)59(72)76-41(9)54(67)62(11)49(32-39(5)6)60(73)77-51(56(69)64(47)13)34-43-20-16-15-17-21-43/h15-27,37-42,47-52H,28-36H2,1-14H3/t41-,42-,47+,48+,49+,50+,51-,52-/m1/s1. The molecule has 3 aromatic carbocycles. The van der Waals surface area contributed by atoms with Crippen LogP contribution >= 0.6 is 11.8 Å². The van der Waals surface area contributed by atoms with Crippen LogP contribution in [0.3, 0.4) is 0 Å². The molecular formula is C61H85N5O12S. The number of fused-ring (bicyclic) bond motifs is 1. The summed E-state index contributed by atoms with van der Waals surface area (Å²) in [7, 11) is 5.62. The minimum atomic E-state index is -1.51. The van der Waals surface area contributed by atoms with E-state index in [2.05, 4.69) is 17.0 Å². The fourth-order valence-electron chi connectivity index (χ4n) is 9.92. The maximum atomic E-state index is 15.1. The molecule has 79 heavy (non-hydrogen) atoms. The van der Waals surface area contributed by atoms with Crippen molar-refractivity contribution in [1.29, 1.82) is 0 Å². The first-order valence-corrected chi connectivity index (χ1v) is 28.7. The fraction of sp³-hybridized carbons (Fsp3) is 0.574. The molecule has 18 heteroatoms. The number of rotatable bonds is 14. The lowest BCUT2D eigenvalue weighted by molar-refractivity contribution is -0.176. The molecule has 5 rings (SSSR count). The number of anilines is 1. The van der Waals surface area contributed by atoms with Crippen LogP contribution in [0.2, 0.25) is 0 Å². The number of nitrogens with zero attached hydrogens (tertiary/aromatic N) is 5. The zero-order chi connectivity index (χ0) is 58.4. The van der Waals surface area contributed by atoms with Crippen LogP contribution in [-0.2, 0) is 76.7 Å². The molecule has 432 valence electrons. The maximum Gasteiger partial charge on any atom is 0.329 e. The summed E-state index contributed by atoms with van der Waals surface area (Å²) in [6, 6.07) is 19.8. The molecular weight excluding hydrogens is 1030 g/mol. The molecule has 0 saturated carbocycles. The molecule has 2 aliphatic rings. The van der Waals surface area contributed by atoms with Crippen LogP contribution < -0.4 is 4.90 Å². The third-order valence-corrected chi connectivity index (χ3v) is 15.4. The van der Waals surface area contributed by atoms with E-state index < -0.39 is 96.1 Å². The number of likely N-dealkylation sites (N-methyl/N-ethyl adjacent to an activating group) is 4. The molecule has 1 fully saturated rings. The van der Waals surface area contributed by atoms with Crippen molar-refractivity contribution in [3.05, 3.63) is 95.6 Å². The van der Waals surface area contributed by atoms with Gasteiger partial charge in [-0.2, -0.15) is 0 Å². The largest absolute Gasteiger partial charge is 0.451 e. The minimum Gasteiger partial charge on any atom is -0.451 e. The van der Waals surface area contributed by atoms with E-state index in [1.165, 1.54) is 51.8 Å². The Bertz CT molecular complexity index is 2560. The van der Waals surface area contributed by atoms with Crippen LogP contribution in [0, 0.1) is 23.7 Å². The third kappa shape index (κ3) is 17.5. The first-order valence-electron chi connectivity index (χ1n) is 27.7. The number of thioether (sulfide) groups is 1. The zero-order valence-electron chi connectivity index (χ0n) is 48.8. The summed E-state index contributed by atoms with van der Waals surface area (Å²) in [5, 5.41) is 0. The molecule has 2 aliphatic heterocycles. The van der Waals surface area contributed by atoms with Gasteiger partial charge in [0.2, 0.25) is 0 Å². The van der Waals surface area contributed by atoms with Crippen LogP contribution in [0.1, 0.15) is 112 Å². The number of benzene rings is 3. The number of cyclic esters (lactones) is 4. The van der Waals surface area contributed by atoms with Crippen molar-refractivity contribution in [3.8, 4) is 0 Å². The molecule has 4 amide bonds. The van der Waals surface area contributed by atoms with Crippen LogP contribution in [0.4, 0.5) is 5.69 Å². The van der Waals surface area contributed by atoms with Gasteiger partial charge in [0.15, 0.2) is 24.4 Å². The topological polar surface area (TPSA) is 190 Å². The average Bonchev–Trinajstić information content (AvgIpc) is 3.40. The summed E-state index contributed by atoms with van der Waals surface area (Å²) in [5.41, 5.74) is 3.48. The van der Waals surface area contributed by atoms with Gasteiger partial charge >= 0.3 is 23.9 Å². The Kier molecular flexibility index (Phi) is 23.4. The molecule has 0 N–H and O–H groups in total. The van der Waals surface area contributed by atoms with Crippen molar-refractivity contribution >= 4 is 65.0 Å². The van der Waals surface area contributed by atoms with E-state index in [1.54, 1.807) is 30.3 Å². The van der Waals surface area contributed by atoms with Gasteiger partial charge in [-0.05, 0) is 92.0 Å². The Morgan fingerprint density at radius 2 is 0.785 bits per heavy atom. The molecule has 0 bridgehead atoms. The number of carbonyl (C=O) groups is 8. The van der Waals surface area contributed by atoms with Gasteiger partial charge in [-0.25, -0.2) is 19.2 Å². The van der Waals surface area contributed by atoms with E-state index in [0.717, 1.165) is 38.2 Å². The van der Waals surface area contributed by atoms with Gasteiger partial charge in [0, 0.05) is 64.8 Å². The second-order valence-electron chi connectivity index (χ2n) is 22.8. The van der Waals surface area contributed by atoms with E-state index in [-0.39, 0.29) is 62.2 Å². The fourth-order valence-corrected chi connectivity index (χ4v) is 11.0. The van der Waals surface area contributed by atoms with Crippen LogP contribution in [0.25, 0.3) is 0 Å². The van der Waals surface area contributed by atoms with Crippen molar-refractivity contribution < 1.29 is 57.3 Å². The zero-order valence-corrected chi connectivity index (χ0v) is 49.7. The maximum absolute atomic E-state index is 15.1. The molecule has 17 nitrogen and oxygen atoms in total. The summed E-state index contributed by atoms with van der Waals surface area (Å²) in [6.07, 6.45) is -5.71. The van der Waals surface area contributed by atoms with Crippen molar-refractivity contribution in [2.24, 2.45) is 23.7 Å². The predicted octanol–water partition coefficient (Wildman–Crippen LogP) is 7.78. The van der Waals surface area contributed by atoms with E-state index in [4.69, 9.17) is 18.9 Å². The summed E-state index contributed by atoms with van der Waals surface area (Å²) < 4.78 is 24.1. The van der Waals surface area contributed by atoms with Gasteiger partial charge in [0.05, 0.1) is 5.69 Å². The number of carbonyl (C=O) groups excluding carboxylic acids is 8. The van der Waals surface area contributed by atoms with Crippen LogP contribution in [0.15, 0.2) is 83.8 Å². The number of hydrogen-bond donors (Lipinski definition) is 0. The van der Waals surface area contributed by atoms with Crippen LogP contribution in [-0.4, -0.2) is 156 Å². The molecule has 0 aliphatic carbocycles. The second-order valence-corrected chi connectivity index (χ2v) is 24.0. The number of para-hydroxylation sites is 1. The Balaban J connectivity index is 1.58.